The lowest BCUT2D eigenvalue weighted by molar-refractivity contribution is -0.146. The van der Waals surface area contributed by atoms with Crippen molar-refractivity contribution in [1.29, 1.82) is 0 Å². The predicted octanol–water partition coefficient (Wildman–Crippen LogP) is 8.20. The zero-order valence-electron chi connectivity index (χ0n) is 20.2. The summed E-state index contributed by atoms with van der Waals surface area (Å²) in [6.07, 6.45) is -13.1. The maximum Gasteiger partial charge on any atom is 0.416 e. The Morgan fingerprint density at radius 1 is 0.921 bits per heavy atom. The smallest absolute Gasteiger partial charge is 0.416 e. The average molecular weight is 555 g/mol. The number of likely N-dealkylation sites (tertiary alicyclic amines) is 1. The number of nitrogens with zero attached hydrogens (tertiary/aromatic N) is 1. The maximum atomic E-state index is 13.7. The molecule has 1 aliphatic heterocycles. The van der Waals surface area contributed by atoms with Gasteiger partial charge in [0.1, 0.15) is 0 Å². The highest BCUT2D eigenvalue weighted by atomic mass is 19.4. The van der Waals surface area contributed by atoms with Crippen LogP contribution in [0.1, 0.15) is 66.5 Å². The van der Waals surface area contributed by atoms with Crippen LogP contribution < -0.4 is 0 Å². The average Bonchev–Trinajstić information content (AvgIpc) is 2.80. The van der Waals surface area contributed by atoms with E-state index >= 15 is 0 Å². The number of carboxylic acid groups (broad SMARTS) is 1. The number of carboxylic acids is 1. The summed E-state index contributed by atoms with van der Waals surface area (Å²) in [5.74, 6) is -2.78. The van der Waals surface area contributed by atoms with E-state index in [0.29, 0.717) is 37.5 Å². The van der Waals surface area contributed by atoms with Crippen molar-refractivity contribution in [2.75, 3.05) is 6.54 Å². The molecule has 0 saturated carbocycles. The summed E-state index contributed by atoms with van der Waals surface area (Å²) in [5.41, 5.74) is -3.88. The second-order valence-electron chi connectivity index (χ2n) is 9.44. The van der Waals surface area contributed by atoms with Crippen LogP contribution in [0.25, 0.3) is 0 Å². The Hall–Kier alpha value is -2.76. The van der Waals surface area contributed by atoms with E-state index in [9.17, 15) is 49.4 Å². The van der Waals surface area contributed by atoms with Gasteiger partial charge < -0.3 is 5.11 Å². The SMILES string of the molecule is CCCC(C(=O)O)[C@@H]1CCCN(Cc2cc(C(F)(F)F)ccc2C(F)(F)F)[C@H]1c1ccc(C(F)(F)F)cc1. The molecule has 1 saturated heterocycles. The minimum atomic E-state index is -4.95. The van der Waals surface area contributed by atoms with Crippen LogP contribution in [-0.4, -0.2) is 22.5 Å². The van der Waals surface area contributed by atoms with Gasteiger partial charge in [-0.05, 0) is 73.2 Å². The summed E-state index contributed by atoms with van der Waals surface area (Å²) < 4.78 is 121. The summed E-state index contributed by atoms with van der Waals surface area (Å²) in [7, 11) is 0. The number of benzene rings is 2. The normalized spacial score (nSPS) is 20.4. The van der Waals surface area contributed by atoms with Crippen molar-refractivity contribution in [3.05, 3.63) is 70.3 Å². The van der Waals surface area contributed by atoms with E-state index in [1.54, 1.807) is 6.92 Å². The fraction of sp³-hybridized carbons (Fsp3) is 0.500. The quantitative estimate of drug-likeness (QED) is 0.350. The lowest BCUT2D eigenvalue weighted by Crippen LogP contribution is -2.43. The molecule has 3 nitrogen and oxygen atoms in total. The molecule has 0 radical (unpaired) electrons. The second-order valence-corrected chi connectivity index (χ2v) is 9.44. The monoisotopic (exact) mass is 555 g/mol. The Balaban J connectivity index is 2.12. The zero-order valence-corrected chi connectivity index (χ0v) is 20.2. The molecule has 1 fully saturated rings. The van der Waals surface area contributed by atoms with Gasteiger partial charge >= 0.3 is 24.5 Å². The third-order valence-electron chi connectivity index (χ3n) is 6.91. The first-order valence-electron chi connectivity index (χ1n) is 11.9. The summed E-state index contributed by atoms with van der Waals surface area (Å²) in [6, 6.07) is 4.14. The van der Waals surface area contributed by atoms with Crippen LogP contribution in [0.4, 0.5) is 39.5 Å². The molecule has 38 heavy (non-hydrogen) atoms. The van der Waals surface area contributed by atoms with E-state index in [0.717, 1.165) is 24.3 Å². The molecule has 2 aromatic rings. The van der Waals surface area contributed by atoms with Crippen molar-refractivity contribution in [3.8, 4) is 0 Å². The van der Waals surface area contributed by atoms with E-state index in [1.807, 2.05) is 0 Å². The minimum absolute atomic E-state index is 0.119. The number of rotatable bonds is 7. The van der Waals surface area contributed by atoms with E-state index in [2.05, 4.69) is 0 Å². The number of aliphatic carboxylic acids is 1. The molecule has 210 valence electrons. The van der Waals surface area contributed by atoms with Crippen molar-refractivity contribution in [3.63, 3.8) is 0 Å². The highest BCUT2D eigenvalue weighted by molar-refractivity contribution is 5.70. The zero-order chi connectivity index (χ0) is 28.5. The fourth-order valence-corrected chi connectivity index (χ4v) is 5.25. The highest BCUT2D eigenvalue weighted by Crippen LogP contribution is 2.45. The van der Waals surface area contributed by atoms with Gasteiger partial charge in [0, 0.05) is 12.6 Å². The van der Waals surface area contributed by atoms with Gasteiger partial charge in [-0.1, -0.05) is 25.5 Å². The third kappa shape index (κ3) is 6.81. The van der Waals surface area contributed by atoms with Gasteiger partial charge in [0.05, 0.1) is 22.6 Å². The van der Waals surface area contributed by atoms with Crippen LogP contribution >= 0.6 is 0 Å². The van der Waals surface area contributed by atoms with Gasteiger partial charge in [0.25, 0.3) is 0 Å². The van der Waals surface area contributed by atoms with Crippen LogP contribution in [0.5, 0.6) is 0 Å². The van der Waals surface area contributed by atoms with Gasteiger partial charge in [0.2, 0.25) is 0 Å². The molecule has 0 aliphatic carbocycles. The van der Waals surface area contributed by atoms with Crippen molar-refractivity contribution >= 4 is 5.97 Å². The van der Waals surface area contributed by atoms with Crippen molar-refractivity contribution < 1.29 is 49.4 Å². The van der Waals surface area contributed by atoms with Crippen LogP contribution in [0.15, 0.2) is 42.5 Å². The summed E-state index contributed by atoms with van der Waals surface area (Å²) in [4.78, 5) is 13.6. The fourth-order valence-electron chi connectivity index (χ4n) is 5.25. The standard InChI is InChI=1S/C26H26F9NO2/c1-2-4-20(23(37)38)19-5-3-12-36(22(19)15-6-8-17(9-7-15)24(27,28)29)14-16-13-18(25(30,31)32)10-11-21(16)26(33,34)35/h6-11,13,19-20,22H,2-5,12,14H2,1H3,(H,37,38)/t19-,20?,22-/m0/s1. The van der Waals surface area contributed by atoms with Crippen LogP contribution in [-0.2, 0) is 29.9 Å². The van der Waals surface area contributed by atoms with Crippen molar-refractivity contribution in [1.82, 2.24) is 4.90 Å². The summed E-state index contributed by atoms with van der Waals surface area (Å²) in [6.45, 7) is 1.27. The number of halogens is 9. The molecule has 2 aromatic carbocycles. The Labute approximate surface area is 213 Å². The Morgan fingerprint density at radius 2 is 1.50 bits per heavy atom. The van der Waals surface area contributed by atoms with Crippen molar-refractivity contribution in [2.45, 2.75) is 63.7 Å². The first kappa shape index (κ1) is 29.8. The molecule has 0 bridgehead atoms. The lowest BCUT2D eigenvalue weighted by atomic mass is 9.74. The first-order valence-corrected chi connectivity index (χ1v) is 11.9. The van der Waals surface area contributed by atoms with E-state index in [4.69, 9.17) is 0 Å². The molecule has 1 unspecified atom stereocenters. The first-order chi connectivity index (χ1) is 17.5. The number of carbonyl (C=O) groups is 1. The molecule has 12 heteroatoms. The number of hydrogen-bond acceptors (Lipinski definition) is 2. The lowest BCUT2D eigenvalue weighted by Gasteiger charge is -2.44. The van der Waals surface area contributed by atoms with Gasteiger partial charge in [-0.25, -0.2) is 0 Å². The Bertz CT molecular complexity index is 1110. The molecule has 3 atom stereocenters. The highest BCUT2D eigenvalue weighted by Gasteiger charge is 2.42. The molecule has 1 heterocycles. The van der Waals surface area contributed by atoms with E-state index < -0.39 is 71.2 Å². The van der Waals surface area contributed by atoms with Crippen LogP contribution in [0.3, 0.4) is 0 Å². The molecule has 0 aromatic heterocycles. The number of hydrogen-bond donors (Lipinski definition) is 1. The van der Waals surface area contributed by atoms with Crippen molar-refractivity contribution in [2.24, 2.45) is 11.8 Å². The second kappa shape index (κ2) is 11.2. The molecule has 1 N–H and O–H groups in total. The number of alkyl halides is 9. The van der Waals surface area contributed by atoms with Gasteiger partial charge in [-0.3, -0.25) is 9.69 Å². The Kier molecular flexibility index (Phi) is 8.74. The summed E-state index contributed by atoms with van der Waals surface area (Å²) in [5, 5.41) is 9.88. The van der Waals surface area contributed by atoms with Crippen LogP contribution in [0.2, 0.25) is 0 Å². The largest absolute Gasteiger partial charge is 0.481 e. The third-order valence-corrected chi connectivity index (χ3v) is 6.91. The Morgan fingerprint density at radius 3 is 2.00 bits per heavy atom. The van der Waals surface area contributed by atoms with E-state index in [1.165, 1.54) is 4.90 Å². The minimum Gasteiger partial charge on any atom is -0.481 e. The maximum absolute atomic E-state index is 13.7. The molecule has 0 spiro atoms. The van der Waals surface area contributed by atoms with Gasteiger partial charge in [-0.2, -0.15) is 39.5 Å². The predicted molar refractivity (Wildman–Crippen MR) is 120 cm³/mol. The molecule has 1 aliphatic rings. The molecular weight excluding hydrogens is 529 g/mol. The number of piperidine rings is 1. The van der Waals surface area contributed by atoms with Gasteiger partial charge in [0.15, 0.2) is 0 Å². The molecule has 0 amide bonds. The van der Waals surface area contributed by atoms with Crippen LogP contribution in [0, 0.1) is 11.8 Å². The van der Waals surface area contributed by atoms with Gasteiger partial charge in [-0.15, -0.1) is 0 Å². The molecular formula is C26H26F9NO2. The van der Waals surface area contributed by atoms with E-state index in [-0.39, 0.29) is 18.5 Å². The topological polar surface area (TPSA) is 40.5 Å². The molecule has 3 rings (SSSR count). The summed E-state index contributed by atoms with van der Waals surface area (Å²) >= 11 is 0.